The Hall–Kier alpha value is -2.98. The van der Waals surface area contributed by atoms with Gasteiger partial charge in [0.15, 0.2) is 5.78 Å². The van der Waals surface area contributed by atoms with Crippen LogP contribution in [0.5, 0.6) is 0 Å². The Bertz CT molecular complexity index is 1150. The van der Waals surface area contributed by atoms with E-state index in [4.69, 9.17) is 4.42 Å². The van der Waals surface area contributed by atoms with E-state index in [0.29, 0.717) is 11.0 Å². The number of para-hydroxylation sites is 1. The second-order valence-corrected chi connectivity index (χ2v) is 6.68. The van der Waals surface area contributed by atoms with Gasteiger partial charge < -0.3 is 4.42 Å². The number of fused-ring (bicyclic) bond motifs is 3. The molecule has 0 spiro atoms. The van der Waals surface area contributed by atoms with E-state index in [-0.39, 0.29) is 17.8 Å². The van der Waals surface area contributed by atoms with Gasteiger partial charge in [0, 0.05) is 22.1 Å². The Morgan fingerprint density at radius 1 is 1.00 bits per heavy atom. The van der Waals surface area contributed by atoms with E-state index >= 15 is 0 Å². The predicted octanol–water partition coefficient (Wildman–Crippen LogP) is 4.83. The molecule has 122 valence electrons. The zero-order valence-corrected chi connectivity index (χ0v) is 14.1. The van der Waals surface area contributed by atoms with Crippen LogP contribution in [0.15, 0.2) is 75.3 Å². The largest absolute Gasteiger partial charge is 0.422 e. The third kappa shape index (κ3) is 3.04. The second kappa shape index (κ2) is 6.49. The Morgan fingerprint density at radius 3 is 2.60 bits per heavy atom. The predicted molar refractivity (Wildman–Crippen MR) is 102 cm³/mol. The monoisotopic (exact) mass is 346 g/mol. The first-order valence-corrected chi connectivity index (χ1v) is 8.78. The van der Waals surface area contributed by atoms with Crippen molar-refractivity contribution in [3.63, 3.8) is 0 Å². The van der Waals surface area contributed by atoms with Gasteiger partial charge in [0.2, 0.25) is 0 Å². The molecular formula is C21H14O3S. The quantitative estimate of drug-likeness (QED) is 0.393. The molecule has 4 rings (SSSR count). The van der Waals surface area contributed by atoms with Crippen LogP contribution in [0.3, 0.4) is 0 Å². The fourth-order valence-electron chi connectivity index (χ4n) is 2.85. The minimum Gasteiger partial charge on any atom is -0.422 e. The molecule has 0 aliphatic heterocycles. The highest BCUT2D eigenvalue weighted by Crippen LogP contribution is 2.30. The van der Waals surface area contributed by atoms with Crippen LogP contribution in [0, 0.1) is 0 Å². The average molecular weight is 346 g/mol. The van der Waals surface area contributed by atoms with Crippen LogP contribution in [-0.4, -0.2) is 5.78 Å². The minimum absolute atomic E-state index is 0.0415. The number of benzene rings is 2. The second-order valence-electron chi connectivity index (χ2n) is 5.72. The third-order valence-corrected chi connectivity index (χ3v) is 5.03. The lowest BCUT2D eigenvalue weighted by Crippen LogP contribution is -2.03. The molecule has 0 atom stereocenters. The summed E-state index contributed by atoms with van der Waals surface area (Å²) >= 11 is 1.43. The number of allylic oxidation sites excluding steroid dienone is 1. The van der Waals surface area contributed by atoms with E-state index in [2.05, 4.69) is 0 Å². The molecule has 25 heavy (non-hydrogen) atoms. The SMILES string of the molecule is O=C(/C=C/c1ccccc1)Cc1scc2c1c(=O)oc1ccccc12. The van der Waals surface area contributed by atoms with Crippen molar-refractivity contribution >= 4 is 44.9 Å². The van der Waals surface area contributed by atoms with E-state index in [1.165, 1.54) is 11.3 Å². The summed E-state index contributed by atoms with van der Waals surface area (Å²) in [5.74, 6) is -0.0415. The molecule has 0 amide bonds. The summed E-state index contributed by atoms with van der Waals surface area (Å²) in [7, 11) is 0. The Morgan fingerprint density at radius 2 is 1.76 bits per heavy atom. The smallest absolute Gasteiger partial charge is 0.345 e. The molecule has 2 heterocycles. The Balaban J connectivity index is 1.68. The summed E-state index contributed by atoms with van der Waals surface area (Å²) < 4.78 is 5.41. The summed E-state index contributed by atoms with van der Waals surface area (Å²) in [4.78, 5) is 25.4. The van der Waals surface area contributed by atoms with E-state index < -0.39 is 0 Å². The van der Waals surface area contributed by atoms with Crippen molar-refractivity contribution in [2.45, 2.75) is 6.42 Å². The molecule has 4 aromatic rings. The zero-order chi connectivity index (χ0) is 17.2. The first kappa shape index (κ1) is 15.5. The molecule has 4 heteroatoms. The van der Waals surface area contributed by atoms with Crippen LogP contribution >= 0.6 is 11.3 Å². The molecular weight excluding hydrogens is 332 g/mol. The minimum atomic E-state index is -0.384. The lowest BCUT2D eigenvalue weighted by molar-refractivity contribution is -0.113. The highest BCUT2D eigenvalue weighted by atomic mass is 32.1. The van der Waals surface area contributed by atoms with Crippen molar-refractivity contribution in [2.24, 2.45) is 0 Å². The molecule has 0 bridgehead atoms. The maximum atomic E-state index is 12.3. The molecule has 0 saturated heterocycles. The van der Waals surface area contributed by atoms with Crippen LogP contribution in [0.4, 0.5) is 0 Å². The normalized spacial score (nSPS) is 11.5. The van der Waals surface area contributed by atoms with Crippen molar-refractivity contribution in [3.05, 3.63) is 86.9 Å². The van der Waals surface area contributed by atoms with Gasteiger partial charge in [-0.05, 0) is 23.1 Å². The van der Waals surface area contributed by atoms with Crippen LogP contribution in [0.1, 0.15) is 10.4 Å². The molecule has 0 fully saturated rings. The fourth-order valence-corrected chi connectivity index (χ4v) is 3.89. The zero-order valence-electron chi connectivity index (χ0n) is 13.3. The summed E-state index contributed by atoms with van der Waals surface area (Å²) in [6, 6.07) is 17.1. The highest BCUT2D eigenvalue weighted by Gasteiger charge is 2.15. The maximum absolute atomic E-state index is 12.3. The topological polar surface area (TPSA) is 47.3 Å². The van der Waals surface area contributed by atoms with Crippen LogP contribution in [0.2, 0.25) is 0 Å². The van der Waals surface area contributed by atoms with Gasteiger partial charge in [-0.3, -0.25) is 4.79 Å². The summed E-state index contributed by atoms with van der Waals surface area (Å²) in [6.45, 7) is 0. The van der Waals surface area contributed by atoms with Gasteiger partial charge in [0.05, 0.1) is 5.39 Å². The first-order valence-electron chi connectivity index (χ1n) is 7.90. The molecule has 0 radical (unpaired) electrons. The number of carbonyl (C=O) groups excluding carboxylic acids is 1. The van der Waals surface area contributed by atoms with Gasteiger partial charge in [-0.25, -0.2) is 4.79 Å². The molecule has 0 aliphatic carbocycles. The van der Waals surface area contributed by atoms with Crippen LogP contribution in [0.25, 0.3) is 27.8 Å². The number of rotatable bonds is 4. The Kier molecular flexibility index (Phi) is 4.04. The standard InChI is InChI=1S/C21H14O3S/c22-15(11-10-14-6-2-1-3-7-14)12-19-20-17(13-25-19)16-8-4-5-9-18(16)24-21(20)23/h1-11,13H,12H2/b11-10+. The van der Waals surface area contributed by atoms with Crippen molar-refractivity contribution in [2.75, 3.05) is 0 Å². The molecule has 0 N–H and O–H groups in total. The number of carbonyl (C=O) groups is 1. The van der Waals surface area contributed by atoms with Crippen molar-refractivity contribution in [1.29, 1.82) is 0 Å². The number of hydrogen-bond acceptors (Lipinski definition) is 4. The van der Waals surface area contributed by atoms with Gasteiger partial charge in [0.1, 0.15) is 5.58 Å². The maximum Gasteiger partial charge on any atom is 0.345 e. The first-order chi connectivity index (χ1) is 12.2. The highest BCUT2D eigenvalue weighted by molar-refractivity contribution is 7.11. The average Bonchev–Trinajstić information content (AvgIpc) is 3.05. The van der Waals surface area contributed by atoms with Crippen LogP contribution in [-0.2, 0) is 11.2 Å². The molecule has 3 nitrogen and oxygen atoms in total. The van der Waals surface area contributed by atoms with Gasteiger partial charge in [-0.2, -0.15) is 0 Å². The fraction of sp³-hybridized carbons (Fsp3) is 0.0476. The van der Waals surface area contributed by atoms with E-state index in [1.807, 2.05) is 53.9 Å². The molecule has 0 saturated carbocycles. The van der Waals surface area contributed by atoms with E-state index in [9.17, 15) is 9.59 Å². The third-order valence-electron chi connectivity index (χ3n) is 4.05. The molecule has 2 aromatic carbocycles. The van der Waals surface area contributed by atoms with Gasteiger partial charge in [-0.15, -0.1) is 11.3 Å². The number of hydrogen-bond donors (Lipinski definition) is 0. The van der Waals surface area contributed by atoms with Crippen LogP contribution < -0.4 is 5.63 Å². The van der Waals surface area contributed by atoms with E-state index in [1.54, 1.807) is 18.2 Å². The van der Waals surface area contributed by atoms with Crippen molar-refractivity contribution in [3.8, 4) is 0 Å². The lowest BCUT2D eigenvalue weighted by atomic mass is 10.1. The lowest BCUT2D eigenvalue weighted by Gasteiger charge is -1.99. The number of ketones is 1. The van der Waals surface area contributed by atoms with Gasteiger partial charge >= 0.3 is 5.63 Å². The van der Waals surface area contributed by atoms with Gasteiger partial charge in [0.25, 0.3) is 0 Å². The summed E-state index contributed by atoms with van der Waals surface area (Å²) in [5, 5.41) is 4.20. The van der Waals surface area contributed by atoms with Crippen molar-refractivity contribution in [1.82, 2.24) is 0 Å². The van der Waals surface area contributed by atoms with E-state index in [0.717, 1.165) is 21.2 Å². The number of thiophene rings is 1. The molecule has 0 unspecified atom stereocenters. The van der Waals surface area contributed by atoms with Crippen molar-refractivity contribution < 1.29 is 9.21 Å². The van der Waals surface area contributed by atoms with Gasteiger partial charge in [-0.1, -0.05) is 54.6 Å². The Labute approximate surface area is 147 Å². The molecule has 2 aromatic heterocycles. The molecule has 0 aliphatic rings. The summed E-state index contributed by atoms with van der Waals surface area (Å²) in [6.07, 6.45) is 3.54. The summed E-state index contributed by atoms with van der Waals surface area (Å²) in [5.41, 5.74) is 1.15.